The third-order valence-corrected chi connectivity index (χ3v) is 4.72. The Labute approximate surface area is 160 Å². The molecule has 9 heteroatoms. The Morgan fingerprint density at radius 3 is 2.81 bits per heavy atom. The number of aromatic nitrogens is 1. The molecule has 0 atom stereocenters. The number of rotatable bonds is 8. The molecule has 0 unspecified atom stereocenters. The van der Waals surface area contributed by atoms with E-state index in [0.29, 0.717) is 29.6 Å². The summed E-state index contributed by atoms with van der Waals surface area (Å²) in [5.41, 5.74) is 0.484. The molecule has 0 bridgehead atoms. The van der Waals surface area contributed by atoms with Crippen LogP contribution in [0.2, 0.25) is 5.02 Å². The lowest BCUT2D eigenvalue weighted by Crippen LogP contribution is -2.36. The average molecular weight is 403 g/mol. The molecule has 1 aromatic heterocycles. The fourth-order valence-electron chi connectivity index (χ4n) is 2.14. The fourth-order valence-corrected chi connectivity index (χ4v) is 3.14. The fraction of sp³-hybridized carbons (Fsp3) is 0.412. The number of hydrogen-bond acceptors (Lipinski definition) is 4. The smallest absolute Gasteiger partial charge is 0.387 e. The molecule has 2 rings (SSSR count). The minimum Gasteiger partial charge on any atom is -0.434 e. The van der Waals surface area contributed by atoms with E-state index in [1.165, 1.54) is 17.0 Å². The number of aliphatic imine (C=N–C) groups is 1. The van der Waals surface area contributed by atoms with Gasteiger partial charge in [0.1, 0.15) is 10.8 Å². The number of guanidine groups is 1. The van der Waals surface area contributed by atoms with Crippen molar-refractivity contribution < 1.29 is 13.5 Å². The maximum Gasteiger partial charge on any atom is 0.387 e. The SMILES string of the molecule is CCNC(=NCc1cc(Cl)ccc1OC(F)F)NCc1ncc(CC)s1. The molecule has 0 aliphatic heterocycles. The second-order valence-electron chi connectivity index (χ2n) is 5.25. The molecule has 2 N–H and O–H groups in total. The first kappa shape index (κ1) is 20.4. The van der Waals surface area contributed by atoms with Crippen molar-refractivity contribution in [3.63, 3.8) is 0 Å². The molecule has 142 valence electrons. The van der Waals surface area contributed by atoms with Crippen molar-refractivity contribution >= 4 is 28.9 Å². The molecular formula is C17H21ClF2N4OS. The zero-order valence-electron chi connectivity index (χ0n) is 14.6. The van der Waals surface area contributed by atoms with Crippen molar-refractivity contribution in [1.82, 2.24) is 15.6 Å². The molecule has 0 aliphatic rings. The highest BCUT2D eigenvalue weighted by Crippen LogP contribution is 2.25. The first-order valence-electron chi connectivity index (χ1n) is 8.20. The van der Waals surface area contributed by atoms with Crippen LogP contribution >= 0.6 is 22.9 Å². The van der Waals surface area contributed by atoms with Gasteiger partial charge in [0.05, 0.1) is 13.1 Å². The van der Waals surface area contributed by atoms with Gasteiger partial charge in [-0.15, -0.1) is 11.3 Å². The Bertz CT molecular complexity index is 739. The van der Waals surface area contributed by atoms with Crippen LogP contribution < -0.4 is 15.4 Å². The molecule has 5 nitrogen and oxygen atoms in total. The van der Waals surface area contributed by atoms with Gasteiger partial charge in [-0.1, -0.05) is 18.5 Å². The van der Waals surface area contributed by atoms with Gasteiger partial charge in [-0.3, -0.25) is 0 Å². The second kappa shape index (κ2) is 10.3. The highest BCUT2D eigenvalue weighted by atomic mass is 35.5. The van der Waals surface area contributed by atoms with E-state index in [1.54, 1.807) is 17.4 Å². The summed E-state index contributed by atoms with van der Waals surface area (Å²) in [5.74, 6) is 0.625. The van der Waals surface area contributed by atoms with Gasteiger partial charge in [-0.05, 0) is 31.5 Å². The summed E-state index contributed by atoms with van der Waals surface area (Å²) in [6, 6.07) is 4.49. The number of thiazole rings is 1. The lowest BCUT2D eigenvalue weighted by atomic mass is 10.2. The number of hydrogen-bond donors (Lipinski definition) is 2. The Morgan fingerprint density at radius 2 is 2.15 bits per heavy atom. The summed E-state index contributed by atoms with van der Waals surface area (Å²) in [6.45, 7) is 2.48. The van der Waals surface area contributed by atoms with Crippen LogP contribution in [0.1, 0.15) is 29.3 Å². The van der Waals surface area contributed by atoms with Crippen molar-refractivity contribution in [1.29, 1.82) is 0 Å². The van der Waals surface area contributed by atoms with Crippen LogP contribution in [-0.4, -0.2) is 24.1 Å². The van der Waals surface area contributed by atoms with E-state index >= 15 is 0 Å². The minimum absolute atomic E-state index is 0.0662. The van der Waals surface area contributed by atoms with Crippen molar-refractivity contribution in [2.45, 2.75) is 40.0 Å². The van der Waals surface area contributed by atoms with Crippen LogP contribution in [0.4, 0.5) is 8.78 Å². The Kier molecular flexibility index (Phi) is 8.06. The average Bonchev–Trinajstić information content (AvgIpc) is 3.07. The number of aryl methyl sites for hydroxylation is 1. The lowest BCUT2D eigenvalue weighted by Gasteiger charge is -2.12. The molecule has 0 saturated carbocycles. The first-order valence-corrected chi connectivity index (χ1v) is 9.40. The summed E-state index contributed by atoms with van der Waals surface area (Å²) < 4.78 is 29.6. The number of nitrogens with one attached hydrogen (secondary N) is 2. The van der Waals surface area contributed by atoms with Crippen molar-refractivity contribution in [3.05, 3.63) is 44.9 Å². The normalized spacial score (nSPS) is 11.7. The third kappa shape index (κ3) is 6.42. The number of benzene rings is 1. The van der Waals surface area contributed by atoms with E-state index in [-0.39, 0.29) is 12.3 Å². The molecule has 0 saturated heterocycles. The summed E-state index contributed by atoms with van der Waals surface area (Å²) in [6.07, 6.45) is 2.82. The standard InChI is InChI=1S/C17H21ClF2N4OS/c1-3-13-9-22-15(26-13)10-24-17(21-4-2)23-8-11-7-12(18)5-6-14(11)25-16(19)20/h5-7,9,16H,3-4,8,10H2,1-2H3,(H2,21,23,24). The number of halogens is 3. The van der Waals surface area contributed by atoms with Crippen LogP contribution in [0.5, 0.6) is 5.75 Å². The predicted octanol–water partition coefficient (Wildman–Crippen LogP) is 4.22. The third-order valence-electron chi connectivity index (χ3n) is 3.35. The Balaban J connectivity index is 2.07. The molecule has 0 aliphatic carbocycles. The summed E-state index contributed by atoms with van der Waals surface area (Å²) in [5, 5.41) is 7.69. The van der Waals surface area contributed by atoms with Crippen LogP contribution in [0.25, 0.3) is 0 Å². The quantitative estimate of drug-likeness (QED) is 0.513. The van der Waals surface area contributed by atoms with E-state index in [1.807, 2.05) is 13.1 Å². The molecule has 0 spiro atoms. The predicted molar refractivity (Wildman–Crippen MR) is 101 cm³/mol. The molecule has 0 fully saturated rings. The molecule has 2 aromatic rings. The van der Waals surface area contributed by atoms with E-state index < -0.39 is 6.61 Å². The van der Waals surface area contributed by atoms with Gasteiger partial charge in [-0.2, -0.15) is 8.78 Å². The zero-order valence-corrected chi connectivity index (χ0v) is 16.1. The Hall–Kier alpha value is -1.93. The monoisotopic (exact) mass is 402 g/mol. The largest absolute Gasteiger partial charge is 0.434 e. The van der Waals surface area contributed by atoms with E-state index in [0.717, 1.165) is 11.4 Å². The molecule has 26 heavy (non-hydrogen) atoms. The van der Waals surface area contributed by atoms with Crippen LogP contribution in [0.15, 0.2) is 29.4 Å². The number of nitrogens with zero attached hydrogens (tertiary/aromatic N) is 2. The number of alkyl halides is 2. The van der Waals surface area contributed by atoms with Crippen molar-refractivity contribution in [2.75, 3.05) is 6.54 Å². The van der Waals surface area contributed by atoms with E-state index in [9.17, 15) is 8.78 Å². The van der Waals surface area contributed by atoms with Gasteiger partial charge >= 0.3 is 6.61 Å². The van der Waals surface area contributed by atoms with Gasteiger partial charge in [0.2, 0.25) is 0 Å². The van der Waals surface area contributed by atoms with Crippen LogP contribution in [-0.2, 0) is 19.5 Å². The Morgan fingerprint density at radius 1 is 1.35 bits per heavy atom. The highest BCUT2D eigenvalue weighted by Gasteiger charge is 2.10. The van der Waals surface area contributed by atoms with Crippen molar-refractivity contribution in [2.24, 2.45) is 4.99 Å². The molecular weight excluding hydrogens is 382 g/mol. The molecule has 1 aromatic carbocycles. The van der Waals surface area contributed by atoms with Gasteiger partial charge in [0, 0.05) is 28.2 Å². The number of ether oxygens (including phenoxy) is 1. The van der Waals surface area contributed by atoms with E-state index in [4.69, 9.17) is 11.6 Å². The summed E-state index contributed by atoms with van der Waals surface area (Å²) in [7, 11) is 0. The molecule has 1 heterocycles. The highest BCUT2D eigenvalue weighted by molar-refractivity contribution is 7.11. The van der Waals surface area contributed by atoms with Gasteiger partial charge in [0.25, 0.3) is 0 Å². The van der Waals surface area contributed by atoms with Crippen molar-refractivity contribution in [3.8, 4) is 5.75 Å². The van der Waals surface area contributed by atoms with Crippen LogP contribution in [0.3, 0.4) is 0 Å². The second-order valence-corrected chi connectivity index (χ2v) is 6.89. The minimum atomic E-state index is -2.90. The van der Waals surface area contributed by atoms with Crippen LogP contribution in [0, 0.1) is 0 Å². The first-order chi connectivity index (χ1) is 12.5. The van der Waals surface area contributed by atoms with Gasteiger partial charge in [-0.25, -0.2) is 9.98 Å². The summed E-state index contributed by atoms with van der Waals surface area (Å²) >= 11 is 7.60. The maximum atomic E-state index is 12.5. The van der Waals surface area contributed by atoms with Gasteiger partial charge < -0.3 is 15.4 Å². The topological polar surface area (TPSA) is 58.5 Å². The summed E-state index contributed by atoms with van der Waals surface area (Å²) in [4.78, 5) is 9.99. The zero-order chi connectivity index (χ0) is 18.9. The molecule has 0 radical (unpaired) electrons. The van der Waals surface area contributed by atoms with Gasteiger partial charge in [0.15, 0.2) is 5.96 Å². The lowest BCUT2D eigenvalue weighted by molar-refractivity contribution is -0.0504. The molecule has 0 amide bonds. The van der Waals surface area contributed by atoms with E-state index in [2.05, 4.69) is 32.3 Å². The maximum absolute atomic E-state index is 12.5.